The van der Waals surface area contributed by atoms with Gasteiger partial charge < -0.3 is 19.8 Å². The molecule has 0 saturated carbocycles. The van der Waals surface area contributed by atoms with Gasteiger partial charge in [-0.15, -0.1) is 0 Å². The first-order valence-electron chi connectivity index (χ1n) is 7.93. The van der Waals surface area contributed by atoms with Gasteiger partial charge in [-0.1, -0.05) is 26.8 Å². The summed E-state index contributed by atoms with van der Waals surface area (Å²) < 4.78 is 44.3. The van der Waals surface area contributed by atoms with Gasteiger partial charge in [0.05, 0.1) is 17.7 Å². The highest BCUT2D eigenvalue weighted by Crippen LogP contribution is 2.36. The number of benzene rings is 1. The Morgan fingerprint density at radius 1 is 1.28 bits per heavy atom. The molecule has 1 aromatic carbocycles. The number of aliphatic hydroxyl groups is 1. The van der Waals surface area contributed by atoms with Crippen molar-refractivity contribution in [3.8, 4) is 5.75 Å². The van der Waals surface area contributed by atoms with Gasteiger partial charge in [0, 0.05) is 6.54 Å². The Labute approximate surface area is 144 Å². The van der Waals surface area contributed by atoms with Crippen molar-refractivity contribution in [3.63, 3.8) is 0 Å². The number of carboxylic acid groups (broad SMARTS) is 1. The Balaban J connectivity index is 2.35. The molecule has 1 fully saturated rings. The molecule has 2 rings (SSSR count). The smallest absolute Gasteiger partial charge is 0.416 e. The molecule has 1 aliphatic heterocycles. The van der Waals surface area contributed by atoms with Gasteiger partial charge in [0.2, 0.25) is 0 Å². The number of ether oxygens (including phenoxy) is 1. The monoisotopic (exact) mass is 361 g/mol. The van der Waals surface area contributed by atoms with Gasteiger partial charge in [-0.2, -0.15) is 13.2 Å². The van der Waals surface area contributed by atoms with Crippen LogP contribution in [0.15, 0.2) is 24.3 Å². The van der Waals surface area contributed by atoms with Gasteiger partial charge in [-0.3, -0.25) is 0 Å². The van der Waals surface area contributed by atoms with Crippen LogP contribution in [0.2, 0.25) is 0 Å². The van der Waals surface area contributed by atoms with Crippen molar-refractivity contribution in [1.29, 1.82) is 0 Å². The summed E-state index contributed by atoms with van der Waals surface area (Å²) in [5.41, 5.74) is -1.44. The van der Waals surface area contributed by atoms with Crippen LogP contribution in [0.25, 0.3) is 0 Å². The highest BCUT2D eigenvalue weighted by atomic mass is 19.4. The Morgan fingerprint density at radius 2 is 1.92 bits per heavy atom. The first-order valence-corrected chi connectivity index (χ1v) is 7.93. The molecule has 5 nitrogen and oxygen atoms in total. The van der Waals surface area contributed by atoms with Crippen LogP contribution in [0, 0.1) is 5.41 Å². The number of nitrogens with zero attached hydrogens (tertiary/aromatic N) is 1. The number of aliphatic hydroxyl groups excluding tert-OH is 1. The van der Waals surface area contributed by atoms with Gasteiger partial charge in [0.25, 0.3) is 0 Å². The number of amides is 1. The summed E-state index contributed by atoms with van der Waals surface area (Å²) in [5, 5.41) is 19.8. The number of halogens is 3. The third-order valence-corrected chi connectivity index (χ3v) is 4.26. The van der Waals surface area contributed by atoms with E-state index in [0.717, 1.165) is 12.1 Å². The molecule has 1 saturated heterocycles. The molecule has 3 unspecified atom stereocenters. The highest BCUT2D eigenvalue weighted by molar-refractivity contribution is 5.66. The Kier molecular flexibility index (Phi) is 5.22. The van der Waals surface area contributed by atoms with Crippen LogP contribution in [0.5, 0.6) is 5.75 Å². The quantitative estimate of drug-likeness (QED) is 0.844. The minimum atomic E-state index is -4.51. The van der Waals surface area contributed by atoms with Gasteiger partial charge in [-0.05, 0) is 30.0 Å². The van der Waals surface area contributed by atoms with Crippen molar-refractivity contribution in [1.82, 2.24) is 4.90 Å². The lowest BCUT2D eigenvalue weighted by Gasteiger charge is -2.48. The van der Waals surface area contributed by atoms with Gasteiger partial charge in [-0.25, -0.2) is 4.79 Å². The SMILES string of the molecule is CC(C)(C)C1C(Oc2cccc(C(F)(F)F)c2)C(O)CCN1C(=O)O. The number of likely N-dealkylation sites (tertiary alicyclic amines) is 1. The lowest BCUT2D eigenvalue weighted by Crippen LogP contribution is -2.63. The van der Waals surface area contributed by atoms with E-state index in [1.807, 2.05) is 0 Å². The van der Waals surface area contributed by atoms with Gasteiger partial charge >= 0.3 is 12.3 Å². The molecule has 3 atom stereocenters. The van der Waals surface area contributed by atoms with Crippen molar-refractivity contribution in [2.75, 3.05) is 6.54 Å². The first kappa shape index (κ1) is 19.4. The lowest BCUT2D eigenvalue weighted by molar-refractivity contribution is -0.137. The van der Waals surface area contributed by atoms with Crippen LogP contribution in [0.4, 0.5) is 18.0 Å². The average Bonchev–Trinajstić information content (AvgIpc) is 2.47. The predicted molar refractivity (Wildman–Crippen MR) is 84.5 cm³/mol. The van der Waals surface area contributed by atoms with Crippen molar-refractivity contribution in [3.05, 3.63) is 29.8 Å². The molecule has 8 heteroatoms. The molecule has 0 spiro atoms. The minimum Gasteiger partial charge on any atom is -0.486 e. The highest BCUT2D eigenvalue weighted by Gasteiger charge is 2.47. The Morgan fingerprint density at radius 3 is 2.44 bits per heavy atom. The van der Waals surface area contributed by atoms with Crippen molar-refractivity contribution in [2.24, 2.45) is 5.41 Å². The minimum absolute atomic E-state index is 0.0552. The van der Waals surface area contributed by atoms with Crippen LogP contribution in [0.1, 0.15) is 32.8 Å². The van der Waals surface area contributed by atoms with E-state index in [1.165, 1.54) is 17.0 Å². The van der Waals surface area contributed by atoms with Crippen LogP contribution in [0.3, 0.4) is 0 Å². The van der Waals surface area contributed by atoms with Gasteiger partial charge in [0.15, 0.2) is 0 Å². The summed E-state index contributed by atoms with van der Waals surface area (Å²) in [4.78, 5) is 12.7. The summed E-state index contributed by atoms with van der Waals surface area (Å²) in [6.07, 6.45) is -7.45. The number of hydrogen-bond acceptors (Lipinski definition) is 3. The molecule has 0 aromatic heterocycles. The third kappa shape index (κ3) is 4.36. The Bertz CT molecular complexity index is 627. The van der Waals surface area contributed by atoms with Crippen molar-refractivity contribution < 1.29 is 32.9 Å². The summed E-state index contributed by atoms with van der Waals surface area (Å²) in [6, 6.07) is 3.65. The molecule has 1 aliphatic rings. The fourth-order valence-electron chi connectivity index (χ4n) is 3.18. The molecule has 0 radical (unpaired) electrons. The van der Waals surface area contributed by atoms with Crippen LogP contribution < -0.4 is 4.74 Å². The number of alkyl halides is 3. The van der Waals surface area contributed by atoms with Crippen molar-refractivity contribution >= 4 is 6.09 Å². The van der Waals surface area contributed by atoms with E-state index in [-0.39, 0.29) is 18.7 Å². The van der Waals surface area contributed by atoms with E-state index in [9.17, 15) is 28.2 Å². The number of carbonyl (C=O) groups is 1. The Hall–Kier alpha value is -1.96. The molecule has 25 heavy (non-hydrogen) atoms. The lowest BCUT2D eigenvalue weighted by atomic mass is 9.78. The zero-order valence-electron chi connectivity index (χ0n) is 14.2. The van der Waals surface area contributed by atoms with Gasteiger partial charge in [0.1, 0.15) is 11.9 Å². The van der Waals surface area contributed by atoms with E-state index in [4.69, 9.17) is 4.74 Å². The normalized spacial score (nSPS) is 24.9. The number of piperidine rings is 1. The second-order valence-corrected chi connectivity index (χ2v) is 7.25. The van der Waals surface area contributed by atoms with Crippen LogP contribution >= 0.6 is 0 Å². The maximum absolute atomic E-state index is 12.9. The number of rotatable bonds is 2. The second kappa shape index (κ2) is 6.74. The molecule has 2 N–H and O–H groups in total. The van der Waals surface area contributed by atoms with E-state index in [2.05, 4.69) is 0 Å². The molecular formula is C17H22F3NO4. The largest absolute Gasteiger partial charge is 0.486 e. The van der Waals surface area contributed by atoms with E-state index in [1.54, 1.807) is 20.8 Å². The summed E-state index contributed by atoms with van der Waals surface area (Å²) >= 11 is 0. The van der Waals surface area contributed by atoms with Crippen LogP contribution in [-0.4, -0.2) is 46.0 Å². The molecule has 140 valence electrons. The first-order chi connectivity index (χ1) is 11.4. The molecular weight excluding hydrogens is 339 g/mol. The summed E-state index contributed by atoms with van der Waals surface area (Å²) in [7, 11) is 0. The van der Waals surface area contributed by atoms with Crippen molar-refractivity contribution in [2.45, 2.75) is 51.6 Å². The second-order valence-electron chi connectivity index (χ2n) is 7.25. The molecule has 0 bridgehead atoms. The molecule has 1 heterocycles. The maximum atomic E-state index is 12.9. The van der Waals surface area contributed by atoms with E-state index >= 15 is 0 Å². The van der Waals surface area contributed by atoms with Crippen LogP contribution in [-0.2, 0) is 6.18 Å². The molecule has 1 amide bonds. The maximum Gasteiger partial charge on any atom is 0.416 e. The summed E-state index contributed by atoms with van der Waals surface area (Å²) in [6.45, 7) is 5.54. The zero-order chi connectivity index (χ0) is 19.0. The number of hydrogen-bond donors (Lipinski definition) is 2. The topological polar surface area (TPSA) is 70.0 Å². The van der Waals surface area contributed by atoms with E-state index in [0.29, 0.717) is 0 Å². The van der Waals surface area contributed by atoms with E-state index < -0.39 is 41.5 Å². The standard InChI is InChI=1S/C17H22F3NO4/c1-16(2,3)14-13(12(22)7-8-21(14)15(23)24)25-11-6-4-5-10(9-11)17(18,19)20/h4-6,9,12-14,22H,7-8H2,1-3H3,(H,23,24). The molecule has 0 aliphatic carbocycles. The predicted octanol–water partition coefficient (Wildman–Crippen LogP) is 3.61. The summed E-state index contributed by atoms with van der Waals surface area (Å²) in [5.74, 6) is -0.0552. The third-order valence-electron chi connectivity index (χ3n) is 4.26. The molecule has 1 aromatic rings. The zero-order valence-corrected chi connectivity index (χ0v) is 14.2. The average molecular weight is 361 g/mol. The fourth-order valence-corrected chi connectivity index (χ4v) is 3.18. The fraction of sp³-hybridized carbons (Fsp3) is 0.588.